The Balaban J connectivity index is 1.68. The van der Waals surface area contributed by atoms with Crippen LogP contribution in [0, 0.1) is 12.8 Å². The molecule has 0 aromatic carbocycles. The molecule has 2 N–H and O–H groups in total. The van der Waals surface area contributed by atoms with E-state index in [9.17, 15) is 4.79 Å². The van der Waals surface area contributed by atoms with E-state index < -0.39 is 5.97 Å². The van der Waals surface area contributed by atoms with Gasteiger partial charge in [0.05, 0.1) is 5.92 Å². The highest BCUT2D eigenvalue weighted by Crippen LogP contribution is 2.24. The predicted molar refractivity (Wildman–Crippen MR) is 79.1 cm³/mol. The fourth-order valence-electron chi connectivity index (χ4n) is 2.50. The number of nitrogens with zero attached hydrogens (tertiary/aromatic N) is 4. The lowest BCUT2D eigenvalue weighted by Gasteiger charge is -2.30. The van der Waals surface area contributed by atoms with Crippen molar-refractivity contribution in [1.29, 1.82) is 0 Å². The van der Waals surface area contributed by atoms with Crippen molar-refractivity contribution in [3.05, 3.63) is 24.2 Å². The Hall–Kier alpha value is -2.64. The SMILES string of the molecule is Cc1cc(Nc2cc(N3CCC(C(=O)O)CC3)ncn2)no1. The molecule has 0 bridgehead atoms. The summed E-state index contributed by atoms with van der Waals surface area (Å²) in [5, 5.41) is 15.9. The van der Waals surface area contributed by atoms with E-state index in [4.69, 9.17) is 9.63 Å². The van der Waals surface area contributed by atoms with Crippen LogP contribution in [0.25, 0.3) is 0 Å². The second-order valence-corrected chi connectivity index (χ2v) is 5.31. The molecule has 0 amide bonds. The molecule has 2 aromatic rings. The zero-order valence-corrected chi connectivity index (χ0v) is 12.2. The summed E-state index contributed by atoms with van der Waals surface area (Å²) in [6, 6.07) is 3.60. The van der Waals surface area contributed by atoms with Crippen LogP contribution in [0.15, 0.2) is 23.0 Å². The molecule has 0 unspecified atom stereocenters. The number of rotatable bonds is 4. The molecule has 0 saturated carbocycles. The van der Waals surface area contributed by atoms with E-state index in [0.717, 1.165) is 5.82 Å². The van der Waals surface area contributed by atoms with Gasteiger partial charge in [-0.15, -0.1) is 0 Å². The Morgan fingerprint density at radius 2 is 2.09 bits per heavy atom. The molecule has 8 heteroatoms. The smallest absolute Gasteiger partial charge is 0.306 e. The maximum atomic E-state index is 11.0. The average Bonchev–Trinajstić information content (AvgIpc) is 2.93. The molecule has 0 radical (unpaired) electrons. The van der Waals surface area contributed by atoms with E-state index in [0.29, 0.717) is 43.3 Å². The molecule has 22 heavy (non-hydrogen) atoms. The summed E-state index contributed by atoms with van der Waals surface area (Å²) in [6.45, 7) is 3.17. The van der Waals surface area contributed by atoms with Crippen molar-refractivity contribution >= 4 is 23.4 Å². The van der Waals surface area contributed by atoms with Crippen molar-refractivity contribution in [3.63, 3.8) is 0 Å². The van der Waals surface area contributed by atoms with E-state index in [1.165, 1.54) is 6.33 Å². The zero-order valence-electron chi connectivity index (χ0n) is 12.2. The topological polar surface area (TPSA) is 104 Å². The molecule has 116 valence electrons. The summed E-state index contributed by atoms with van der Waals surface area (Å²) in [7, 11) is 0. The number of anilines is 3. The van der Waals surface area contributed by atoms with Crippen molar-refractivity contribution in [2.24, 2.45) is 5.92 Å². The number of piperidine rings is 1. The van der Waals surface area contributed by atoms with Gasteiger partial charge in [0.15, 0.2) is 5.82 Å². The normalized spacial score (nSPS) is 15.8. The fraction of sp³-hybridized carbons (Fsp3) is 0.429. The number of aromatic nitrogens is 3. The van der Waals surface area contributed by atoms with Gasteiger partial charge in [0.1, 0.15) is 23.7 Å². The van der Waals surface area contributed by atoms with Crippen molar-refractivity contribution in [2.45, 2.75) is 19.8 Å². The number of aliphatic carboxylic acids is 1. The molecule has 0 spiro atoms. The Morgan fingerprint density at radius 1 is 1.32 bits per heavy atom. The molecular formula is C14H17N5O3. The molecule has 1 aliphatic rings. The largest absolute Gasteiger partial charge is 0.481 e. The highest BCUT2D eigenvalue weighted by Gasteiger charge is 2.25. The minimum atomic E-state index is -0.717. The van der Waals surface area contributed by atoms with Gasteiger partial charge < -0.3 is 19.8 Å². The number of nitrogens with one attached hydrogen (secondary N) is 1. The van der Waals surface area contributed by atoms with Crippen LogP contribution in [-0.2, 0) is 4.79 Å². The second-order valence-electron chi connectivity index (χ2n) is 5.31. The van der Waals surface area contributed by atoms with Gasteiger partial charge in [-0.3, -0.25) is 4.79 Å². The van der Waals surface area contributed by atoms with Crippen molar-refractivity contribution < 1.29 is 14.4 Å². The minimum absolute atomic E-state index is 0.256. The van der Waals surface area contributed by atoms with Gasteiger partial charge in [-0.25, -0.2) is 9.97 Å². The van der Waals surface area contributed by atoms with E-state index in [1.54, 1.807) is 6.07 Å². The molecular weight excluding hydrogens is 286 g/mol. The van der Waals surface area contributed by atoms with Crippen molar-refractivity contribution in [3.8, 4) is 0 Å². The molecule has 1 aliphatic heterocycles. The van der Waals surface area contributed by atoms with Crippen LogP contribution in [0.3, 0.4) is 0 Å². The van der Waals surface area contributed by atoms with E-state index in [-0.39, 0.29) is 5.92 Å². The standard InChI is InChI=1S/C14H17N5O3/c1-9-6-12(18-22-9)17-11-7-13(16-8-15-11)19-4-2-10(3-5-19)14(20)21/h6-8,10H,2-5H2,1H3,(H,20,21)(H,15,16,17,18). The lowest BCUT2D eigenvalue weighted by atomic mass is 9.97. The van der Waals surface area contributed by atoms with Crippen molar-refractivity contribution in [2.75, 3.05) is 23.3 Å². The quantitative estimate of drug-likeness (QED) is 0.881. The van der Waals surface area contributed by atoms with Gasteiger partial charge in [-0.2, -0.15) is 0 Å². The molecule has 3 heterocycles. The molecule has 0 atom stereocenters. The molecule has 1 fully saturated rings. The molecule has 8 nitrogen and oxygen atoms in total. The number of carbonyl (C=O) groups is 1. The van der Waals surface area contributed by atoms with E-state index in [1.807, 2.05) is 13.0 Å². The first-order valence-electron chi connectivity index (χ1n) is 7.12. The summed E-state index contributed by atoms with van der Waals surface area (Å²) < 4.78 is 5.00. The van der Waals surface area contributed by atoms with Gasteiger partial charge in [0, 0.05) is 25.2 Å². The highest BCUT2D eigenvalue weighted by molar-refractivity contribution is 5.70. The van der Waals surface area contributed by atoms with E-state index in [2.05, 4.69) is 25.3 Å². The monoisotopic (exact) mass is 303 g/mol. The van der Waals surface area contributed by atoms with E-state index >= 15 is 0 Å². The Labute approximate surface area is 127 Å². The minimum Gasteiger partial charge on any atom is -0.481 e. The van der Waals surface area contributed by atoms with Gasteiger partial charge in [0.25, 0.3) is 0 Å². The van der Waals surface area contributed by atoms with Crippen LogP contribution >= 0.6 is 0 Å². The second kappa shape index (κ2) is 6.00. The summed E-state index contributed by atoms with van der Waals surface area (Å²) in [5.74, 6) is 1.74. The first-order valence-corrected chi connectivity index (χ1v) is 7.12. The summed E-state index contributed by atoms with van der Waals surface area (Å²) >= 11 is 0. The Bertz CT molecular complexity index is 664. The van der Waals surface area contributed by atoms with Crippen LogP contribution in [0.5, 0.6) is 0 Å². The summed E-state index contributed by atoms with van der Waals surface area (Å²) in [6.07, 6.45) is 2.74. The maximum absolute atomic E-state index is 11.0. The lowest BCUT2D eigenvalue weighted by molar-refractivity contribution is -0.142. The van der Waals surface area contributed by atoms with Gasteiger partial charge in [0.2, 0.25) is 0 Å². The van der Waals surface area contributed by atoms with Crippen molar-refractivity contribution in [1.82, 2.24) is 15.1 Å². The molecule has 0 aliphatic carbocycles. The van der Waals surface area contributed by atoms with Crippen LogP contribution in [0.1, 0.15) is 18.6 Å². The zero-order chi connectivity index (χ0) is 15.5. The number of carboxylic acids is 1. The number of hydrogen-bond donors (Lipinski definition) is 2. The third kappa shape index (κ3) is 3.16. The predicted octanol–water partition coefficient (Wildman–Crippen LogP) is 1.82. The first kappa shape index (κ1) is 14.3. The third-order valence-electron chi connectivity index (χ3n) is 3.70. The highest BCUT2D eigenvalue weighted by atomic mass is 16.5. The number of aryl methyl sites for hydroxylation is 1. The van der Waals surface area contributed by atoms with Crippen LogP contribution < -0.4 is 10.2 Å². The fourth-order valence-corrected chi connectivity index (χ4v) is 2.50. The van der Waals surface area contributed by atoms with Gasteiger partial charge >= 0.3 is 5.97 Å². The number of hydrogen-bond acceptors (Lipinski definition) is 7. The van der Waals surface area contributed by atoms with Crippen LogP contribution in [0.4, 0.5) is 17.5 Å². The first-order chi connectivity index (χ1) is 10.6. The number of carboxylic acid groups (broad SMARTS) is 1. The maximum Gasteiger partial charge on any atom is 0.306 e. The molecule has 2 aromatic heterocycles. The summed E-state index contributed by atoms with van der Waals surface area (Å²) in [5.41, 5.74) is 0. The average molecular weight is 303 g/mol. The third-order valence-corrected chi connectivity index (χ3v) is 3.70. The molecule has 3 rings (SSSR count). The van der Waals surface area contributed by atoms with Gasteiger partial charge in [-0.1, -0.05) is 5.16 Å². The van der Waals surface area contributed by atoms with Crippen LogP contribution in [0.2, 0.25) is 0 Å². The van der Waals surface area contributed by atoms with Crippen LogP contribution in [-0.4, -0.2) is 39.3 Å². The Kier molecular flexibility index (Phi) is 3.90. The lowest BCUT2D eigenvalue weighted by Crippen LogP contribution is -2.36. The summed E-state index contributed by atoms with van der Waals surface area (Å²) in [4.78, 5) is 21.5. The Morgan fingerprint density at radius 3 is 2.73 bits per heavy atom. The molecule has 1 saturated heterocycles. The van der Waals surface area contributed by atoms with Gasteiger partial charge in [-0.05, 0) is 19.8 Å².